The zero-order valence-corrected chi connectivity index (χ0v) is 21.5. The van der Waals surface area contributed by atoms with Gasteiger partial charge >= 0.3 is 0 Å². The number of Topliss-reactive ketones (excluding diaryl/α,β-unsaturated/α-hetero) is 1. The number of aromatic hydroxyl groups is 3. The summed E-state index contributed by atoms with van der Waals surface area (Å²) >= 11 is 0. The van der Waals surface area contributed by atoms with Crippen LogP contribution in [0, 0.1) is 0 Å². The van der Waals surface area contributed by atoms with Gasteiger partial charge in [0.15, 0.2) is 17.9 Å². The first-order valence-electron chi connectivity index (χ1n) is 12.0. The summed E-state index contributed by atoms with van der Waals surface area (Å²) < 4.78 is 11.7. The Balaban J connectivity index is 0.00000353. The lowest BCUT2D eigenvalue weighted by atomic mass is 9.72. The number of phenolic OH excluding ortho intramolecular Hbond substituents is 3. The Morgan fingerprint density at radius 2 is 1.79 bits per heavy atom. The summed E-state index contributed by atoms with van der Waals surface area (Å²) in [6.45, 7) is 0.530. The Morgan fingerprint density at radius 1 is 1.13 bits per heavy atom. The number of rotatable bonds is 4. The number of hydrogen-bond acceptors (Lipinski definition) is 12. The molecule has 12 nitrogen and oxygen atoms in total. The second kappa shape index (κ2) is 10.1. The van der Waals surface area contributed by atoms with Gasteiger partial charge in [-0.05, 0) is 13.0 Å². The number of halogens is 1. The molecule has 3 aliphatic rings. The summed E-state index contributed by atoms with van der Waals surface area (Å²) in [5, 5.41) is 63.7. The summed E-state index contributed by atoms with van der Waals surface area (Å²) in [7, 11) is 0. The molecule has 5 rings (SSSR count). The van der Waals surface area contributed by atoms with E-state index in [1.54, 1.807) is 6.92 Å². The molecule has 1 heterocycles. The first-order valence-corrected chi connectivity index (χ1v) is 12.0. The minimum atomic E-state index is -2.26. The van der Waals surface area contributed by atoms with E-state index in [0.717, 1.165) is 0 Å². The van der Waals surface area contributed by atoms with E-state index in [-0.39, 0.29) is 41.1 Å². The van der Waals surface area contributed by atoms with Crippen molar-refractivity contribution in [1.82, 2.24) is 0 Å². The molecule has 0 radical (unpaired) electrons. The summed E-state index contributed by atoms with van der Waals surface area (Å²) in [4.78, 5) is 39.3. The van der Waals surface area contributed by atoms with Gasteiger partial charge in [-0.3, -0.25) is 14.4 Å². The van der Waals surface area contributed by atoms with E-state index in [1.807, 2.05) is 0 Å². The van der Waals surface area contributed by atoms with E-state index in [0.29, 0.717) is 0 Å². The number of carbonyl (C=O) groups is 3. The topological polar surface area (TPSA) is 217 Å². The molecule has 2 aromatic carbocycles. The molecule has 210 valence electrons. The fourth-order valence-corrected chi connectivity index (χ4v) is 5.59. The van der Waals surface area contributed by atoms with Crippen LogP contribution in [-0.2, 0) is 20.7 Å². The molecule has 8 N–H and O–H groups in total. The van der Waals surface area contributed by atoms with Crippen LogP contribution in [0.5, 0.6) is 17.2 Å². The van der Waals surface area contributed by atoms with Gasteiger partial charge in [-0.2, -0.15) is 0 Å². The normalized spacial score (nSPS) is 29.6. The number of fused-ring (bicyclic) bond motifs is 3. The average molecular weight is 566 g/mol. The van der Waals surface area contributed by atoms with Crippen molar-refractivity contribution in [1.29, 1.82) is 0 Å². The Kier molecular flexibility index (Phi) is 7.51. The molecule has 2 aliphatic carbocycles. The van der Waals surface area contributed by atoms with Gasteiger partial charge < -0.3 is 45.8 Å². The second-order valence-corrected chi connectivity index (χ2v) is 9.98. The van der Waals surface area contributed by atoms with E-state index in [4.69, 9.17) is 15.2 Å². The van der Waals surface area contributed by atoms with Crippen molar-refractivity contribution in [2.75, 3.05) is 6.61 Å². The summed E-state index contributed by atoms with van der Waals surface area (Å²) in [6.07, 6.45) is -5.27. The predicted octanol–water partition coefficient (Wildman–Crippen LogP) is 0.120. The number of nitrogens with two attached hydrogens (primary N) is 1. The fourth-order valence-electron chi connectivity index (χ4n) is 5.59. The Labute approximate surface area is 228 Å². The van der Waals surface area contributed by atoms with E-state index < -0.39 is 101 Å². The molecule has 0 bridgehead atoms. The van der Waals surface area contributed by atoms with E-state index >= 15 is 0 Å². The highest BCUT2D eigenvalue weighted by molar-refractivity contribution is 6.31. The zero-order valence-electron chi connectivity index (χ0n) is 20.7. The van der Waals surface area contributed by atoms with Gasteiger partial charge in [0.05, 0.1) is 35.0 Å². The maximum Gasteiger partial charge on any atom is 0.202 e. The van der Waals surface area contributed by atoms with Crippen LogP contribution >= 0.6 is 12.4 Å². The fraction of sp³-hybridized carbons (Fsp3) is 0.423. The van der Waals surface area contributed by atoms with Crippen LogP contribution in [0.15, 0.2) is 18.2 Å². The molecule has 6 atom stereocenters. The van der Waals surface area contributed by atoms with Gasteiger partial charge in [0.1, 0.15) is 29.5 Å². The first-order chi connectivity index (χ1) is 17.9. The van der Waals surface area contributed by atoms with Crippen LogP contribution in [0.3, 0.4) is 0 Å². The summed E-state index contributed by atoms with van der Waals surface area (Å²) in [5.41, 5.74) is 1.70. The third-order valence-corrected chi connectivity index (χ3v) is 7.60. The highest BCUT2D eigenvalue weighted by Crippen LogP contribution is 2.52. The van der Waals surface area contributed by atoms with Gasteiger partial charge in [-0.1, -0.05) is 12.1 Å². The van der Waals surface area contributed by atoms with Crippen molar-refractivity contribution in [2.24, 2.45) is 5.73 Å². The second-order valence-electron chi connectivity index (χ2n) is 9.98. The molecule has 0 saturated carbocycles. The van der Waals surface area contributed by atoms with Crippen LogP contribution in [0.4, 0.5) is 0 Å². The van der Waals surface area contributed by atoms with E-state index in [1.165, 1.54) is 18.2 Å². The van der Waals surface area contributed by atoms with Crippen LogP contribution in [-0.4, -0.2) is 84.7 Å². The number of carbonyl (C=O) groups excluding carboxylic acids is 3. The number of hydrogen-bond donors (Lipinski definition) is 7. The van der Waals surface area contributed by atoms with Crippen LogP contribution in [0.2, 0.25) is 0 Å². The van der Waals surface area contributed by atoms with Gasteiger partial charge in [-0.25, -0.2) is 0 Å². The Bertz CT molecular complexity index is 1370. The number of benzene rings is 2. The van der Waals surface area contributed by atoms with Crippen molar-refractivity contribution in [3.63, 3.8) is 0 Å². The quantitative estimate of drug-likeness (QED) is 0.210. The highest BCUT2D eigenvalue weighted by Gasteiger charge is 2.50. The molecule has 13 heteroatoms. The third-order valence-electron chi connectivity index (χ3n) is 7.60. The van der Waals surface area contributed by atoms with Crippen molar-refractivity contribution < 1.29 is 54.5 Å². The van der Waals surface area contributed by atoms with Gasteiger partial charge in [0.25, 0.3) is 0 Å². The summed E-state index contributed by atoms with van der Waals surface area (Å²) in [5.74, 6) is -4.72. The Hall–Kier alpha value is -3.10. The molecule has 1 saturated heterocycles. The van der Waals surface area contributed by atoms with Gasteiger partial charge in [0.2, 0.25) is 5.78 Å². The number of phenols is 3. The van der Waals surface area contributed by atoms with Crippen molar-refractivity contribution in [3.05, 3.63) is 51.6 Å². The van der Waals surface area contributed by atoms with Crippen molar-refractivity contribution in [2.45, 2.75) is 62.4 Å². The standard InChI is InChI=1S/C26H27NO11.ClH/c1-9-21(31)12(27)5-16(37-9)38-14-7-26(36,15(30)8-28)6-11-18(14)25(35)20-19(23(11)33)22(32)10-3-2-4-13(29)17(10)24(20)34;/h2-4,9,12,14,16,21,28-29,31,33,35-36H,5-8,27H2,1H3;1H. The lowest BCUT2D eigenvalue weighted by Crippen LogP contribution is -2.53. The molecule has 2 aromatic rings. The molecule has 1 fully saturated rings. The van der Waals surface area contributed by atoms with Crippen LogP contribution in [0.1, 0.15) is 68.8 Å². The molecule has 0 aromatic heterocycles. The number of ketones is 3. The number of aliphatic hydroxyl groups is 3. The number of ether oxygens (including phenoxy) is 2. The van der Waals surface area contributed by atoms with E-state index in [9.17, 15) is 45.0 Å². The lowest BCUT2D eigenvalue weighted by molar-refractivity contribution is -0.247. The SMILES string of the molecule is CC1OC(OC2CC(O)(C(=O)CO)Cc3c(O)c4c(c(O)c32)C(=O)c2c(O)cccc2C4=O)CC(N)C1O.Cl. The molecule has 0 amide bonds. The van der Waals surface area contributed by atoms with Crippen LogP contribution < -0.4 is 5.73 Å². The maximum absolute atomic E-state index is 13.4. The first kappa shape index (κ1) is 28.9. The minimum absolute atomic E-state index is 0. The van der Waals surface area contributed by atoms with Crippen LogP contribution in [0.25, 0.3) is 0 Å². The lowest BCUT2D eigenvalue weighted by Gasteiger charge is -2.42. The minimum Gasteiger partial charge on any atom is -0.507 e. The largest absolute Gasteiger partial charge is 0.507 e. The average Bonchev–Trinajstić information content (AvgIpc) is 2.86. The third kappa shape index (κ3) is 4.38. The molecule has 0 spiro atoms. The Morgan fingerprint density at radius 3 is 2.44 bits per heavy atom. The van der Waals surface area contributed by atoms with E-state index in [2.05, 4.69) is 0 Å². The van der Waals surface area contributed by atoms with Gasteiger partial charge in [-0.15, -0.1) is 12.4 Å². The molecular weight excluding hydrogens is 538 g/mol. The van der Waals surface area contributed by atoms with Crippen molar-refractivity contribution >= 4 is 29.8 Å². The molecular formula is C26H28ClNO11. The zero-order chi connectivity index (χ0) is 27.7. The van der Waals surface area contributed by atoms with Crippen molar-refractivity contribution in [3.8, 4) is 17.2 Å². The molecule has 6 unspecified atom stereocenters. The maximum atomic E-state index is 13.4. The highest BCUT2D eigenvalue weighted by atomic mass is 35.5. The molecule has 1 aliphatic heterocycles. The molecule has 39 heavy (non-hydrogen) atoms. The predicted molar refractivity (Wildman–Crippen MR) is 134 cm³/mol. The smallest absolute Gasteiger partial charge is 0.202 e. The monoisotopic (exact) mass is 565 g/mol. The summed E-state index contributed by atoms with van der Waals surface area (Å²) in [6, 6.07) is 3.09. The number of aliphatic hydroxyl groups excluding tert-OH is 2. The van der Waals surface area contributed by atoms with Gasteiger partial charge in [0, 0.05) is 42.0 Å².